The first-order valence-corrected chi connectivity index (χ1v) is 10.3. The fourth-order valence-corrected chi connectivity index (χ4v) is 3.56. The maximum absolute atomic E-state index is 12.1. The van der Waals surface area contributed by atoms with E-state index in [0.717, 1.165) is 45.0 Å². The smallest absolute Gasteiger partial charge is 0.224 e. The monoisotopic (exact) mass is 421 g/mol. The normalized spacial score (nSPS) is 10.5. The summed E-state index contributed by atoms with van der Waals surface area (Å²) in [7, 11) is 0. The fourth-order valence-electron chi connectivity index (χ4n) is 2.43. The highest BCUT2D eigenvalue weighted by Crippen LogP contribution is 2.20. The lowest BCUT2D eigenvalue weighted by Crippen LogP contribution is -2.13. The van der Waals surface area contributed by atoms with Gasteiger partial charge in [0.25, 0.3) is 0 Å². The fraction of sp³-hybridized carbons (Fsp3) is 0.350. The summed E-state index contributed by atoms with van der Waals surface area (Å²) in [5.74, 6) is 2.85. The number of anilines is 1. The second kappa shape index (κ2) is 10.5. The van der Waals surface area contributed by atoms with Crippen molar-refractivity contribution in [1.29, 1.82) is 0 Å². The molecule has 0 aromatic heterocycles. The van der Waals surface area contributed by atoms with Gasteiger partial charge >= 0.3 is 0 Å². The Kier molecular flexibility index (Phi) is 8.35. The van der Waals surface area contributed by atoms with Gasteiger partial charge < -0.3 is 10.1 Å². The van der Waals surface area contributed by atoms with Gasteiger partial charge in [-0.25, -0.2) is 0 Å². The summed E-state index contributed by atoms with van der Waals surface area (Å²) in [5, 5.41) is 3.03. The number of amides is 1. The van der Waals surface area contributed by atoms with Gasteiger partial charge in [0.15, 0.2) is 0 Å². The minimum Gasteiger partial charge on any atom is -0.493 e. The van der Waals surface area contributed by atoms with Crippen LogP contribution >= 0.6 is 27.7 Å². The molecule has 5 heteroatoms. The van der Waals surface area contributed by atoms with Crippen LogP contribution in [0.3, 0.4) is 0 Å². The predicted octanol–water partition coefficient (Wildman–Crippen LogP) is 5.60. The van der Waals surface area contributed by atoms with Crippen LogP contribution in [0.5, 0.6) is 5.75 Å². The number of hydrogen-bond donors (Lipinski definition) is 1. The number of carbonyl (C=O) groups excluding carboxylic acids is 1. The van der Waals surface area contributed by atoms with Crippen LogP contribution in [0.25, 0.3) is 0 Å². The molecule has 0 unspecified atom stereocenters. The number of halogens is 1. The molecule has 1 amide bonds. The van der Waals surface area contributed by atoms with E-state index in [2.05, 4.69) is 21.2 Å². The Bertz CT molecular complexity index is 686. The molecular weight excluding hydrogens is 398 g/mol. The van der Waals surface area contributed by atoms with E-state index in [1.807, 2.05) is 68.1 Å². The number of hydrogen-bond acceptors (Lipinski definition) is 3. The predicted molar refractivity (Wildman–Crippen MR) is 111 cm³/mol. The van der Waals surface area contributed by atoms with E-state index >= 15 is 0 Å². The highest BCUT2D eigenvalue weighted by molar-refractivity contribution is 9.10. The maximum atomic E-state index is 12.1. The Morgan fingerprint density at radius 3 is 2.56 bits per heavy atom. The second-order valence-electron chi connectivity index (χ2n) is 5.84. The maximum Gasteiger partial charge on any atom is 0.224 e. The van der Waals surface area contributed by atoms with Crippen molar-refractivity contribution in [1.82, 2.24) is 0 Å². The minimum absolute atomic E-state index is 0.0865. The Morgan fingerprint density at radius 1 is 1.12 bits per heavy atom. The van der Waals surface area contributed by atoms with Gasteiger partial charge in [0.2, 0.25) is 5.91 Å². The summed E-state index contributed by atoms with van der Waals surface area (Å²) in [6.45, 7) is 4.71. The molecule has 0 bridgehead atoms. The van der Waals surface area contributed by atoms with Gasteiger partial charge in [-0.05, 0) is 55.3 Å². The number of ether oxygens (including phenoxy) is 1. The molecule has 0 fully saturated rings. The van der Waals surface area contributed by atoms with E-state index in [0.29, 0.717) is 13.0 Å². The summed E-state index contributed by atoms with van der Waals surface area (Å²) in [6.07, 6.45) is 1.42. The Balaban J connectivity index is 1.57. The van der Waals surface area contributed by atoms with E-state index < -0.39 is 0 Å². The van der Waals surface area contributed by atoms with Crippen LogP contribution in [0.15, 0.2) is 46.9 Å². The van der Waals surface area contributed by atoms with Crippen molar-refractivity contribution in [2.75, 3.05) is 23.4 Å². The van der Waals surface area contributed by atoms with Crippen molar-refractivity contribution in [3.63, 3.8) is 0 Å². The van der Waals surface area contributed by atoms with Crippen LogP contribution in [-0.4, -0.2) is 24.0 Å². The first-order chi connectivity index (χ1) is 12.1. The van der Waals surface area contributed by atoms with Crippen LogP contribution in [-0.2, 0) is 4.79 Å². The molecular formula is C20H24BrNO2S. The van der Waals surface area contributed by atoms with Crippen LogP contribution < -0.4 is 10.1 Å². The van der Waals surface area contributed by atoms with E-state index in [4.69, 9.17) is 4.74 Å². The third-order valence-electron chi connectivity index (χ3n) is 3.73. The highest BCUT2D eigenvalue weighted by atomic mass is 79.9. The van der Waals surface area contributed by atoms with Gasteiger partial charge in [0, 0.05) is 22.3 Å². The molecule has 3 nitrogen and oxygen atoms in total. The molecule has 0 saturated heterocycles. The number of benzene rings is 2. The largest absolute Gasteiger partial charge is 0.493 e. The van der Waals surface area contributed by atoms with Gasteiger partial charge in [-0.3, -0.25) is 4.79 Å². The zero-order chi connectivity index (χ0) is 18.1. The molecule has 2 rings (SSSR count). The number of nitrogens with one attached hydrogen (secondary N) is 1. The summed E-state index contributed by atoms with van der Waals surface area (Å²) in [6, 6.07) is 13.9. The molecule has 1 N–H and O–H groups in total. The molecule has 0 saturated carbocycles. The Morgan fingerprint density at radius 2 is 1.84 bits per heavy atom. The number of carbonyl (C=O) groups is 1. The van der Waals surface area contributed by atoms with E-state index in [1.165, 1.54) is 0 Å². The standard InChI is InChI=1S/C20H24BrNO2S/c1-15-6-3-7-16(2)20(15)22-19(23)10-5-12-25-13-11-24-18-9-4-8-17(21)14-18/h3-4,6-9,14H,5,10-13H2,1-2H3,(H,22,23). The Hall–Kier alpha value is -1.46. The van der Waals surface area contributed by atoms with E-state index in [9.17, 15) is 4.79 Å². The third-order valence-corrected chi connectivity index (χ3v) is 5.26. The average molecular weight is 422 g/mol. The molecule has 25 heavy (non-hydrogen) atoms. The number of thioether (sulfide) groups is 1. The van der Waals surface area contributed by atoms with Crippen LogP contribution in [0.2, 0.25) is 0 Å². The third kappa shape index (κ3) is 7.12. The van der Waals surface area contributed by atoms with Crippen molar-refractivity contribution >= 4 is 39.3 Å². The summed E-state index contributed by atoms with van der Waals surface area (Å²) in [5.41, 5.74) is 3.16. The van der Waals surface area contributed by atoms with Crippen molar-refractivity contribution in [3.05, 3.63) is 58.1 Å². The molecule has 0 atom stereocenters. The lowest BCUT2D eigenvalue weighted by Gasteiger charge is -2.11. The zero-order valence-electron chi connectivity index (χ0n) is 14.7. The van der Waals surface area contributed by atoms with Crippen LogP contribution in [0.1, 0.15) is 24.0 Å². The molecule has 0 aliphatic carbocycles. The molecule has 0 aliphatic heterocycles. The molecule has 0 radical (unpaired) electrons. The Labute approximate surface area is 162 Å². The lowest BCUT2D eigenvalue weighted by atomic mass is 10.1. The highest BCUT2D eigenvalue weighted by Gasteiger charge is 2.07. The van der Waals surface area contributed by atoms with Gasteiger partial charge in [-0.2, -0.15) is 11.8 Å². The summed E-state index contributed by atoms with van der Waals surface area (Å²) >= 11 is 5.24. The number of aryl methyl sites for hydroxylation is 2. The molecule has 0 aliphatic rings. The second-order valence-corrected chi connectivity index (χ2v) is 7.98. The molecule has 0 spiro atoms. The van der Waals surface area contributed by atoms with Crippen LogP contribution in [0.4, 0.5) is 5.69 Å². The van der Waals surface area contributed by atoms with Crippen molar-refractivity contribution < 1.29 is 9.53 Å². The van der Waals surface area contributed by atoms with Crippen molar-refractivity contribution in [2.24, 2.45) is 0 Å². The number of rotatable bonds is 9. The first-order valence-electron chi connectivity index (χ1n) is 8.38. The average Bonchev–Trinajstić information content (AvgIpc) is 2.57. The molecule has 0 heterocycles. The van der Waals surface area contributed by atoms with Crippen LogP contribution in [0, 0.1) is 13.8 Å². The van der Waals surface area contributed by atoms with Gasteiger partial charge in [-0.1, -0.05) is 40.2 Å². The van der Waals surface area contributed by atoms with Gasteiger partial charge in [0.05, 0.1) is 6.61 Å². The summed E-state index contributed by atoms with van der Waals surface area (Å²) < 4.78 is 6.71. The lowest BCUT2D eigenvalue weighted by molar-refractivity contribution is -0.116. The van der Waals surface area contributed by atoms with Crippen molar-refractivity contribution in [3.8, 4) is 5.75 Å². The zero-order valence-corrected chi connectivity index (χ0v) is 17.1. The van der Waals surface area contributed by atoms with E-state index in [-0.39, 0.29) is 5.91 Å². The SMILES string of the molecule is Cc1cccc(C)c1NC(=O)CCCSCCOc1cccc(Br)c1. The molecule has 134 valence electrons. The molecule has 2 aromatic carbocycles. The van der Waals surface area contributed by atoms with Crippen molar-refractivity contribution in [2.45, 2.75) is 26.7 Å². The minimum atomic E-state index is 0.0865. The molecule has 2 aromatic rings. The quantitative estimate of drug-likeness (QED) is 0.535. The number of para-hydroxylation sites is 1. The van der Waals surface area contributed by atoms with E-state index in [1.54, 1.807) is 0 Å². The van der Waals surface area contributed by atoms with Gasteiger partial charge in [0.1, 0.15) is 5.75 Å². The van der Waals surface area contributed by atoms with Gasteiger partial charge in [-0.15, -0.1) is 0 Å². The topological polar surface area (TPSA) is 38.3 Å². The first kappa shape index (κ1) is 19.9. The summed E-state index contributed by atoms with van der Waals surface area (Å²) in [4.78, 5) is 12.1.